The van der Waals surface area contributed by atoms with Crippen molar-refractivity contribution in [2.24, 2.45) is 14.1 Å². The molecule has 0 unspecified atom stereocenters. The molecule has 5 aromatic rings. The fraction of sp³-hybridized carbons (Fsp3) is 0.200. The summed E-state index contributed by atoms with van der Waals surface area (Å²) in [6.07, 6.45) is 0. The standard InChI is InChI=1S/C25H25N5O3S/c1-15-7-6-8-19(16(15)2)24-27-20-11-10-18(34(32,33)26-3)14-22(20)30(24)17-9-12-21-23(13-17)29(5)25(31)28(21)4/h6-14,26H,1-5H3. The summed E-state index contributed by atoms with van der Waals surface area (Å²) in [5, 5.41) is 0. The van der Waals surface area contributed by atoms with E-state index in [0.717, 1.165) is 33.4 Å². The van der Waals surface area contributed by atoms with E-state index in [-0.39, 0.29) is 10.6 Å². The molecule has 3 aromatic carbocycles. The summed E-state index contributed by atoms with van der Waals surface area (Å²) in [6, 6.07) is 16.7. The van der Waals surface area contributed by atoms with Crippen LogP contribution in [0.25, 0.3) is 39.1 Å². The molecule has 2 aromatic heterocycles. The summed E-state index contributed by atoms with van der Waals surface area (Å²) in [7, 11) is 1.23. The molecule has 0 aliphatic rings. The fourth-order valence-corrected chi connectivity index (χ4v) is 5.16. The highest BCUT2D eigenvalue weighted by Crippen LogP contribution is 2.33. The Hall–Kier alpha value is -3.69. The second kappa shape index (κ2) is 7.68. The molecular formula is C25H25N5O3S. The SMILES string of the molecule is CNS(=O)(=O)c1ccc2nc(-c3cccc(C)c3C)n(-c3ccc4c(c3)n(C)c(=O)n4C)c2c1. The van der Waals surface area contributed by atoms with Gasteiger partial charge in [-0.15, -0.1) is 0 Å². The minimum atomic E-state index is -3.64. The molecule has 0 saturated carbocycles. The van der Waals surface area contributed by atoms with E-state index in [1.807, 2.05) is 34.9 Å². The van der Waals surface area contributed by atoms with E-state index in [2.05, 4.69) is 24.6 Å². The van der Waals surface area contributed by atoms with Crippen LogP contribution in [0.15, 0.2) is 64.3 Å². The van der Waals surface area contributed by atoms with E-state index < -0.39 is 10.0 Å². The van der Waals surface area contributed by atoms with Gasteiger partial charge < -0.3 is 0 Å². The third-order valence-corrected chi connectivity index (χ3v) is 7.98. The average Bonchev–Trinajstić information content (AvgIpc) is 3.31. The highest BCUT2D eigenvalue weighted by atomic mass is 32.2. The summed E-state index contributed by atoms with van der Waals surface area (Å²) in [6.45, 7) is 4.10. The molecule has 0 aliphatic heterocycles. The third-order valence-electron chi connectivity index (χ3n) is 6.56. The van der Waals surface area contributed by atoms with Gasteiger partial charge in [-0.2, -0.15) is 0 Å². The van der Waals surface area contributed by atoms with Crippen LogP contribution in [-0.2, 0) is 24.1 Å². The van der Waals surface area contributed by atoms with Gasteiger partial charge in [-0.25, -0.2) is 22.9 Å². The Kier molecular flexibility index (Phi) is 5.00. The largest absolute Gasteiger partial charge is 0.328 e. The van der Waals surface area contributed by atoms with Crippen LogP contribution >= 0.6 is 0 Å². The molecule has 9 heteroatoms. The quantitative estimate of drug-likeness (QED) is 0.431. The number of fused-ring (bicyclic) bond motifs is 2. The maximum absolute atomic E-state index is 12.5. The van der Waals surface area contributed by atoms with Crippen molar-refractivity contribution in [1.29, 1.82) is 0 Å². The van der Waals surface area contributed by atoms with Crippen molar-refractivity contribution >= 4 is 32.1 Å². The zero-order valence-corrected chi connectivity index (χ0v) is 20.4. The monoisotopic (exact) mass is 475 g/mol. The smallest absolute Gasteiger partial charge is 0.295 e. The number of hydrogen-bond acceptors (Lipinski definition) is 4. The van der Waals surface area contributed by atoms with E-state index in [4.69, 9.17) is 4.98 Å². The predicted octanol–water partition coefficient (Wildman–Crippen LogP) is 3.41. The summed E-state index contributed by atoms with van der Waals surface area (Å²) < 4.78 is 32.6. The predicted molar refractivity (Wildman–Crippen MR) is 134 cm³/mol. The second-order valence-corrected chi connectivity index (χ2v) is 10.3. The van der Waals surface area contributed by atoms with Crippen molar-refractivity contribution in [2.45, 2.75) is 18.7 Å². The number of hydrogen-bond donors (Lipinski definition) is 1. The molecule has 0 aliphatic carbocycles. The van der Waals surface area contributed by atoms with Gasteiger partial charge in [-0.1, -0.05) is 18.2 Å². The lowest BCUT2D eigenvalue weighted by atomic mass is 10.0. The molecule has 2 heterocycles. The van der Waals surface area contributed by atoms with Crippen LogP contribution in [0, 0.1) is 13.8 Å². The molecule has 0 fully saturated rings. The van der Waals surface area contributed by atoms with E-state index >= 15 is 0 Å². The van der Waals surface area contributed by atoms with Gasteiger partial charge in [0, 0.05) is 25.3 Å². The zero-order valence-electron chi connectivity index (χ0n) is 19.6. The van der Waals surface area contributed by atoms with Crippen molar-refractivity contribution < 1.29 is 8.42 Å². The topological polar surface area (TPSA) is 90.9 Å². The van der Waals surface area contributed by atoms with E-state index in [9.17, 15) is 13.2 Å². The highest BCUT2D eigenvalue weighted by molar-refractivity contribution is 7.89. The minimum absolute atomic E-state index is 0.111. The normalized spacial score (nSPS) is 12.1. The lowest BCUT2D eigenvalue weighted by Gasteiger charge is -2.13. The van der Waals surface area contributed by atoms with Crippen molar-refractivity contribution in [1.82, 2.24) is 23.4 Å². The first-order chi connectivity index (χ1) is 16.1. The van der Waals surface area contributed by atoms with Crippen molar-refractivity contribution in [2.75, 3.05) is 7.05 Å². The van der Waals surface area contributed by atoms with Crippen LogP contribution < -0.4 is 10.4 Å². The molecule has 0 radical (unpaired) electrons. The lowest BCUT2D eigenvalue weighted by Crippen LogP contribution is -2.19. The van der Waals surface area contributed by atoms with Crippen LogP contribution in [-0.4, -0.2) is 34.2 Å². The number of nitrogens with zero attached hydrogens (tertiary/aromatic N) is 4. The molecule has 0 spiro atoms. The number of sulfonamides is 1. The van der Waals surface area contributed by atoms with E-state index in [1.54, 1.807) is 41.4 Å². The molecule has 0 saturated heterocycles. The Morgan fingerprint density at radius 3 is 2.35 bits per heavy atom. The maximum Gasteiger partial charge on any atom is 0.328 e. The number of imidazole rings is 2. The van der Waals surface area contributed by atoms with Gasteiger partial charge in [-0.05, 0) is 68.4 Å². The first kappa shape index (κ1) is 22.1. The molecule has 0 bridgehead atoms. The summed E-state index contributed by atoms with van der Waals surface area (Å²) in [4.78, 5) is 17.6. The minimum Gasteiger partial charge on any atom is -0.295 e. The van der Waals surface area contributed by atoms with Gasteiger partial charge in [0.1, 0.15) is 5.82 Å². The number of rotatable bonds is 4. The van der Waals surface area contributed by atoms with Crippen LogP contribution in [0.4, 0.5) is 0 Å². The number of nitrogens with one attached hydrogen (secondary N) is 1. The first-order valence-electron chi connectivity index (χ1n) is 10.8. The van der Waals surface area contributed by atoms with Gasteiger partial charge >= 0.3 is 5.69 Å². The number of aromatic nitrogens is 4. The highest BCUT2D eigenvalue weighted by Gasteiger charge is 2.20. The molecule has 34 heavy (non-hydrogen) atoms. The van der Waals surface area contributed by atoms with E-state index in [0.29, 0.717) is 16.9 Å². The third kappa shape index (κ3) is 3.19. The fourth-order valence-electron chi connectivity index (χ4n) is 4.41. The average molecular weight is 476 g/mol. The number of aryl methyl sites for hydroxylation is 3. The second-order valence-electron chi connectivity index (χ2n) is 8.45. The molecule has 1 N–H and O–H groups in total. The van der Waals surface area contributed by atoms with Crippen LogP contribution in [0.3, 0.4) is 0 Å². The van der Waals surface area contributed by atoms with Crippen LogP contribution in [0.5, 0.6) is 0 Å². The van der Waals surface area contributed by atoms with Crippen LogP contribution in [0.1, 0.15) is 11.1 Å². The van der Waals surface area contributed by atoms with Gasteiger partial charge in [0.05, 0.1) is 27.0 Å². The number of benzene rings is 3. The van der Waals surface area contributed by atoms with Gasteiger partial charge in [0.2, 0.25) is 10.0 Å². The first-order valence-corrected chi connectivity index (χ1v) is 12.3. The Bertz CT molecular complexity index is 1770. The Morgan fingerprint density at radius 2 is 1.62 bits per heavy atom. The molecule has 174 valence electrons. The van der Waals surface area contributed by atoms with E-state index in [1.165, 1.54) is 7.05 Å². The molecule has 8 nitrogen and oxygen atoms in total. The molecule has 0 amide bonds. The summed E-state index contributed by atoms with van der Waals surface area (Å²) in [5.41, 5.74) is 6.78. The lowest BCUT2D eigenvalue weighted by molar-refractivity contribution is 0.588. The maximum atomic E-state index is 12.5. The van der Waals surface area contributed by atoms with Crippen LogP contribution in [0.2, 0.25) is 0 Å². The zero-order chi connectivity index (χ0) is 24.4. The van der Waals surface area contributed by atoms with Gasteiger partial charge in [0.25, 0.3) is 0 Å². The molecule has 5 rings (SSSR count). The Morgan fingerprint density at radius 1 is 0.882 bits per heavy atom. The summed E-state index contributed by atoms with van der Waals surface area (Å²) in [5.74, 6) is 0.704. The van der Waals surface area contributed by atoms with Crippen molar-refractivity contribution in [3.63, 3.8) is 0 Å². The van der Waals surface area contributed by atoms with Gasteiger partial charge in [-0.3, -0.25) is 13.7 Å². The Balaban J connectivity index is 1.90. The van der Waals surface area contributed by atoms with Gasteiger partial charge in [0.15, 0.2) is 0 Å². The molecular weight excluding hydrogens is 450 g/mol. The summed E-state index contributed by atoms with van der Waals surface area (Å²) >= 11 is 0. The Labute approximate surface area is 197 Å². The van der Waals surface area contributed by atoms with Crippen molar-refractivity contribution in [3.05, 3.63) is 76.2 Å². The van der Waals surface area contributed by atoms with Crippen molar-refractivity contribution in [3.8, 4) is 17.1 Å². The molecule has 0 atom stereocenters.